The van der Waals surface area contributed by atoms with Crippen LogP contribution in [0.3, 0.4) is 0 Å². The van der Waals surface area contributed by atoms with E-state index in [-0.39, 0.29) is 17.4 Å². The highest BCUT2D eigenvalue weighted by molar-refractivity contribution is 6.10. The molecular formula is C22H22N2O5. The fourth-order valence-electron chi connectivity index (χ4n) is 3.51. The van der Waals surface area contributed by atoms with Crippen molar-refractivity contribution < 1.29 is 19.2 Å². The van der Waals surface area contributed by atoms with Crippen LogP contribution in [0.4, 0.5) is 5.69 Å². The molecule has 0 aliphatic heterocycles. The summed E-state index contributed by atoms with van der Waals surface area (Å²) in [6, 6.07) is 11.3. The van der Waals surface area contributed by atoms with E-state index in [1.54, 1.807) is 6.92 Å². The van der Waals surface area contributed by atoms with E-state index >= 15 is 0 Å². The van der Waals surface area contributed by atoms with Gasteiger partial charge < -0.3 is 9.14 Å². The first kappa shape index (κ1) is 20.3. The molecule has 0 saturated heterocycles. The van der Waals surface area contributed by atoms with E-state index in [0.717, 1.165) is 16.6 Å². The molecule has 0 fully saturated rings. The molecule has 0 bridgehead atoms. The number of nitro groups is 1. The predicted octanol–water partition coefficient (Wildman–Crippen LogP) is 4.27. The summed E-state index contributed by atoms with van der Waals surface area (Å²) in [6.45, 7) is 4.03. The van der Waals surface area contributed by atoms with Gasteiger partial charge in [-0.1, -0.05) is 6.07 Å². The van der Waals surface area contributed by atoms with Gasteiger partial charge in [-0.05, 0) is 62.1 Å². The van der Waals surface area contributed by atoms with E-state index in [2.05, 4.69) is 0 Å². The molecule has 0 aliphatic rings. The van der Waals surface area contributed by atoms with Gasteiger partial charge >= 0.3 is 5.97 Å². The summed E-state index contributed by atoms with van der Waals surface area (Å²) in [5, 5.41) is 10.9. The van der Waals surface area contributed by atoms with Crippen molar-refractivity contribution >= 4 is 23.0 Å². The number of hydrogen-bond acceptors (Lipinski definition) is 5. The van der Waals surface area contributed by atoms with Gasteiger partial charge in [-0.25, -0.2) is 0 Å². The van der Waals surface area contributed by atoms with E-state index in [9.17, 15) is 19.7 Å². The molecule has 3 rings (SSSR count). The molecule has 7 nitrogen and oxygen atoms in total. The molecule has 3 aromatic rings. The molecule has 29 heavy (non-hydrogen) atoms. The zero-order valence-electron chi connectivity index (χ0n) is 16.4. The number of aromatic nitrogens is 1. The number of nitro benzene ring substituents is 1. The summed E-state index contributed by atoms with van der Waals surface area (Å²) in [7, 11) is 0. The van der Waals surface area contributed by atoms with Gasteiger partial charge in [0.2, 0.25) is 5.78 Å². The Hall–Kier alpha value is -3.48. The van der Waals surface area contributed by atoms with Crippen molar-refractivity contribution in [1.29, 1.82) is 0 Å². The Bertz CT molecular complexity index is 1070. The number of non-ortho nitro benzene ring substituents is 1. The number of rotatable bonds is 8. The van der Waals surface area contributed by atoms with E-state index in [1.165, 1.54) is 24.3 Å². The predicted molar refractivity (Wildman–Crippen MR) is 108 cm³/mol. The van der Waals surface area contributed by atoms with Crippen LogP contribution in [0.5, 0.6) is 0 Å². The zero-order chi connectivity index (χ0) is 21.0. The fourth-order valence-corrected chi connectivity index (χ4v) is 3.51. The van der Waals surface area contributed by atoms with Crippen molar-refractivity contribution in [1.82, 2.24) is 4.40 Å². The third-order valence-corrected chi connectivity index (χ3v) is 4.89. The quantitative estimate of drug-likeness (QED) is 0.246. The Balaban J connectivity index is 1.94. The van der Waals surface area contributed by atoms with Crippen LogP contribution in [0.1, 0.15) is 46.9 Å². The van der Waals surface area contributed by atoms with Crippen molar-refractivity contribution in [3.63, 3.8) is 0 Å². The number of fused-ring (bicyclic) bond motifs is 1. The van der Waals surface area contributed by atoms with E-state index in [4.69, 9.17) is 4.74 Å². The standard InChI is InChI=1S/C22H22N2O5/c1-3-29-20(25)9-6-7-18-15(2)21(23-14-5-4-8-19(18)23)22(26)16-10-12-17(13-11-16)24(27)28/h4-5,8,10-14H,3,6-7,9H2,1-2H3. The van der Waals surface area contributed by atoms with Crippen LogP contribution < -0.4 is 0 Å². The van der Waals surface area contributed by atoms with Crippen molar-refractivity contribution in [2.24, 2.45) is 0 Å². The average molecular weight is 394 g/mol. The van der Waals surface area contributed by atoms with Crippen LogP contribution in [0.2, 0.25) is 0 Å². The molecule has 0 amide bonds. The number of carbonyl (C=O) groups excluding carboxylic acids is 2. The molecular weight excluding hydrogens is 372 g/mol. The molecule has 0 saturated carbocycles. The lowest BCUT2D eigenvalue weighted by Gasteiger charge is -2.04. The second-order valence-corrected chi connectivity index (χ2v) is 6.70. The van der Waals surface area contributed by atoms with Crippen LogP contribution >= 0.6 is 0 Å². The molecule has 7 heteroatoms. The largest absolute Gasteiger partial charge is 0.466 e. The number of aryl methyl sites for hydroxylation is 1. The Morgan fingerprint density at radius 2 is 1.86 bits per heavy atom. The first-order valence-corrected chi connectivity index (χ1v) is 9.47. The number of benzene rings is 1. The Morgan fingerprint density at radius 1 is 1.14 bits per heavy atom. The molecule has 0 radical (unpaired) electrons. The minimum atomic E-state index is -0.492. The first-order valence-electron chi connectivity index (χ1n) is 9.47. The fraction of sp³-hybridized carbons (Fsp3) is 0.273. The Morgan fingerprint density at radius 3 is 2.52 bits per heavy atom. The number of pyridine rings is 1. The average Bonchev–Trinajstić information content (AvgIpc) is 2.99. The van der Waals surface area contributed by atoms with E-state index in [1.807, 2.05) is 35.7 Å². The maximum Gasteiger partial charge on any atom is 0.305 e. The normalized spacial score (nSPS) is 10.8. The molecule has 2 heterocycles. The zero-order valence-corrected chi connectivity index (χ0v) is 16.4. The number of ketones is 1. The van der Waals surface area contributed by atoms with Crippen molar-refractivity contribution in [2.45, 2.75) is 33.1 Å². The van der Waals surface area contributed by atoms with Gasteiger partial charge in [0.25, 0.3) is 5.69 Å². The summed E-state index contributed by atoms with van der Waals surface area (Å²) in [5.41, 5.74) is 3.64. The minimum absolute atomic E-state index is 0.0575. The third kappa shape index (κ3) is 4.18. The summed E-state index contributed by atoms with van der Waals surface area (Å²) >= 11 is 0. The maximum absolute atomic E-state index is 13.2. The number of nitrogens with zero attached hydrogens (tertiary/aromatic N) is 2. The highest BCUT2D eigenvalue weighted by Crippen LogP contribution is 2.27. The lowest BCUT2D eigenvalue weighted by molar-refractivity contribution is -0.384. The molecule has 150 valence electrons. The van der Waals surface area contributed by atoms with Crippen LogP contribution in [0, 0.1) is 17.0 Å². The van der Waals surface area contributed by atoms with Gasteiger partial charge in [0, 0.05) is 35.8 Å². The van der Waals surface area contributed by atoms with Crippen LogP contribution in [-0.2, 0) is 16.0 Å². The van der Waals surface area contributed by atoms with Gasteiger partial charge in [-0.3, -0.25) is 19.7 Å². The SMILES string of the molecule is CCOC(=O)CCCc1c(C)c(C(=O)c2ccc([N+](=O)[O-])cc2)n2ccccc12. The first-order chi connectivity index (χ1) is 13.9. The van der Waals surface area contributed by atoms with E-state index < -0.39 is 4.92 Å². The molecule has 0 spiro atoms. The highest BCUT2D eigenvalue weighted by Gasteiger charge is 2.22. The van der Waals surface area contributed by atoms with Gasteiger partial charge in [-0.2, -0.15) is 0 Å². The Labute approximate surface area is 168 Å². The number of hydrogen-bond donors (Lipinski definition) is 0. The molecule has 0 aliphatic carbocycles. The van der Waals surface area contributed by atoms with Crippen molar-refractivity contribution in [3.05, 3.63) is 81.2 Å². The van der Waals surface area contributed by atoms with Gasteiger partial charge in [0.1, 0.15) is 0 Å². The summed E-state index contributed by atoms with van der Waals surface area (Å²) in [6.07, 6.45) is 3.42. The summed E-state index contributed by atoms with van der Waals surface area (Å²) in [5.74, 6) is -0.425. The summed E-state index contributed by atoms with van der Waals surface area (Å²) < 4.78 is 6.83. The third-order valence-electron chi connectivity index (χ3n) is 4.89. The van der Waals surface area contributed by atoms with Gasteiger partial charge in [0.05, 0.1) is 17.2 Å². The molecule has 0 N–H and O–H groups in total. The number of carbonyl (C=O) groups is 2. The molecule has 0 atom stereocenters. The topological polar surface area (TPSA) is 90.9 Å². The van der Waals surface area contributed by atoms with Crippen LogP contribution in [0.25, 0.3) is 5.52 Å². The lowest BCUT2D eigenvalue weighted by Crippen LogP contribution is -2.07. The second-order valence-electron chi connectivity index (χ2n) is 6.70. The highest BCUT2D eigenvalue weighted by atomic mass is 16.6. The maximum atomic E-state index is 13.2. The van der Waals surface area contributed by atoms with Crippen molar-refractivity contribution in [3.8, 4) is 0 Å². The van der Waals surface area contributed by atoms with Crippen LogP contribution in [-0.4, -0.2) is 27.7 Å². The monoisotopic (exact) mass is 394 g/mol. The van der Waals surface area contributed by atoms with E-state index in [0.29, 0.717) is 37.1 Å². The van der Waals surface area contributed by atoms with Crippen molar-refractivity contribution in [2.75, 3.05) is 6.61 Å². The number of ether oxygens (including phenoxy) is 1. The number of esters is 1. The minimum Gasteiger partial charge on any atom is -0.466 e. The summed E-state index contributed by atoms with van der Waals surface area (Å²) in [4.78, 5) is 35.2. The van der Waals surface area contributed by atoms with Crippen LogP contribution in [0.15, 0.2) is 48.7 Å². The lowest BCUT2D eigenvalue weighted by atomic mass is 10.0. The second kappa shape index (κ2) is 8.68. The van der Waals surface area contributed by atoms with Gasteiger partial charge in [0.15, 0.2) is 0 Å². The molecule has 0 unspecified atom stereocenters. The molecule has 1 aromatic carbocycles. The van der Waals surface area contributed by atoms with Gasteiger partial charge in [-0.15, -0.1) is 0 Å². The molecule has 2 aromatic heterocycles. The Kier molecular flexibility index (Phi) is 6.07. The smallest absolute Gasteiger partial charge is 0.305 e.